The Hall–Kier alpha value is -3.22. The van der Waals surface area contributed by atoms with Crippen LogP contribution in [0.15, 0.2) is 48.5 Å². The molecule has 1 unspecified atom stereocenters. The van der Waals surface area contributed by atoms with Gasteiger partial charge in [-0.2, -0.15) is 0 Å². The van der Waals surface area contributed by atoms with Gasteiger partial charge in [-0.3, -0.25) is 9.59 Å². The van der Waals surface area contributed by atoms with Crippen molar-refractivity contribution in [3.63, 3.8) is 0 Å². The lowest BCUT2D eigenvalue weighted by molar-refractivity contribution is -0.123. The number of ether oxygens (including phenoxy) is 2. The zero-order valence-electron chi connectivity index (χ0n) is 15.2. The van der Waals surface area contributed by atoms with Gasteiger partial charge in [-0.15, -0.1) is 0 Å². The molecule has 0 radical (unpaired) electrons. The van der Waals surface area contributed by atoms with Crippen molar-refractivity contribution in [1.29, 1.82) is 0 Å². The summed E-state index contributed by atoms with van der Waals surface area (Å²) in [5, 5.41) is 3.00. The lowest BCUT2D eigenvalue weighted by atomic mass is 10.2. The second kappa shape index (κ2) is 8.44. The number of hydrogen-bond acceptors (Lipinski definition) is 5. The number of hydrogen-bond donors (Lipinski definition) is 2. The molecule has 1 aliphatic rings. The van der Waals surface area contributed by atoms with Crippen molar-refractivity contribution < 1.29 is 19.1 Å². The average molecular weight is 369 g/mol. The second-order valence-corrected chi connectivity index (χ2v) is 6.35. The first-order valence-electron chi connectivity index (χ1n) is 8.77. The molecule has 1 aliphatic heterocycles. The monoisotopic (exact) mass is 369 g/mol. The highest BCUT2D eigenvalue weighted by atomic mass is 16.5. The van der Waals surface area contributed by atoms with E-state index in [1.54, 1.807) is 31.4 Å². The fourth-order valence-electron chi connectivity index (χ4n) is 3.12. The molecule has 3 rings (SSSR count). The number of nitrogens with two attached hydrogens (primary N) is 1. The van der Waals surface area contributed by atoms with Gasteiger partial charge in [0, 0.05) is 24.7 Å². The molecule has 0 bridgehead atoms. The van der Waals surface area contributed by atoms with Crippen molar-refractivity contribution in [2.75, 3.05) is 31.7 Å². The molecule has 3 N–H and O–H groups in total. The first-order chi connectivity index (χ1) is 13.1. The van der Waals surface area contributed by atoms with Crippen molar-refractivity contribution in [2.45, 2.75) is 12.5 Å². The molecule has 0 saturated carbocycles. The van der Waals surface area contributed by atoms with E-state index in [2.05, 4.69) is 10.2 Å². The Balaban J connectivity index is 1.48. The Morgan fingerprint density at radius 2 is 1.93 bits per heavy atom. The molecular formula is C20H23N3O4. The highest BCUT2D eigenvalue weighted by Gasteiger charge is 2.25. The summed E-state index contributed by atoms with van der Waals surface area (Å²) in [6.45, 7) is 1.49. The number of para-hydroxylation sites is 2. The summed E-state index contributed by atoms with van der Waals surface area (Å²) in [6, 6.07) is 14.3. The predicted octanol–water partition coefficient (Wildman–Crippen LogP) is 1.57. The second-order valence-electron chi connectivity index (χ2n) is 6.35. The summed E-state index contributed by atoms with van der Waals surface area (Å²) < 4.78 is 10.9. The van der Waals surface area contributed by atoms with E-state index in [9.17, 15) is 9.59 Å². The van der Waals surface area contributed by atoms with Crippen LogP contribution in [-0.2, 0) is 4.79 Å². The number of primary amides is 1. The van der Waals surface area contributed by atoms with Gasteiger partial charge >= 0.3 is 0 Å². The topological polar surface area (TPSA) is 93.9 Å². The minimum Gasteiger partial charge on any atom is -0.495 e. The van der Waals surface area contributed by atoms with Crippen LogP contribution in [0, 0.1) is 0 Å². The van der Waals surface area contributed by atoms with Gasteiger partial charge in [0.1, 0.15) is 11.5 Å². The third-order valence-corrected chi connectivity index (χ3v) is 4.49. The molecule has 2 amide bonds. The molecular weight excluding hydrogens is 346 g/mol. The molecule has 7 heteroatoms. The summed E-state index contributed by atoms with van der Waals surface area (Å²) >= 11 is 0. The third kappa shape index (κ3) is 4.69. The predicted molar refractivity (Wildman–Crippen MR) is 102 cm³/mol. The van der Waals surface area contributed by atoms with E-state index >= 15 is 0 Å². The third-order valence-electron chi connectivity index (χ3n) is 4.49. The molecule has 142 valence electrons. The molecule has 1 heterocycles. The van der Waals surface area contributed by atoms with E-state index in [-0.39, 0.29) is 18.6 Å². The van der Waals surface area contributed by atoms with Gasteiger partial charge in [0.2, 0.25) is 5.91 Å². The zero-order chi connectivity index (χ0) is 19.2. The van der Waals surface area contributed by atoms with E-state index in [0.717, 1.165) is 30.9 Å². The number of benzene rings is 2. The van der Waals surface area contributed by atoms with Crippen LogP contribution in [0.1, 0.15) is 16.8 Å². The summed E-state index contributed by atoms with van der Waals surface area (Å²) in [7, 11) is 1.65. The van der Waals surface area contributed by atoms with Crippen LogP contribution in [0.25, 0.3) is 0 Å². The maximum absolute atomic E-state index is 12.2. The Labute approximate surface area is 158 Å². The van der Waals surface area contributed by atoms with Crippen LogP contribution in [0.4, 0.5) is 5.69 Å². The zero-order valence-corrected chi connectivity index (χ0v) is 15.2. The molecule has 1 atom stereocenters. The summed E-state index contributed by atoms with van der Waals surface area (Å²) in [6.07, 6.45) is 0.858. The van der Waals surface area contributed by atoms with Gasteiger partial charge < -0.3 is 25.4 Å². The van der Waals surface area contributed by atoms with Crippen molar-refractivity contribution >= 4 is 17.5 Å². The standard InChI is InChI=1S/C20H23N3O4/c1-26-18-5-3-2-4-17(18)23-11-10-15(12-23)22-19(24)13-27-16-8-6-14(7-9-16)20(21)25/h2-9,15H,10-13H2,1H3,(H2,21,25)(H,22,24). The van der Waals surface area contributed by atoms with Crippen molar-refractivity contribution in [1.82, 2.24) is 5.32 Å². The van der Waals surface area contributed by atoms with Gasteiger partial charge in [-0.05, 0) is 42.8 Å². The van der Waals surface area contributed by atoms with Crippen molar-refractivity contribution in [2.24, 2.45) is 5.73 Å². The lowest BCUT2D eigenvalue weighted by Crippen LogP contribution is -2.39. The van der Waals surface area contributed by atoms with Gasteiger partial charge in [0.25, 0.3) is 5.91 Å². The average Bonchev–Trinajstić information content (AvgIpc) is 3.14. The van der Waals surface area contributed by atoms with Crippen LogP contribution in [0.5, 0.6) is 11.5 Å². The highest BCUT2D eigenvalue weighted by Crippen LogP contribution is 2.30. The largest absolute Gasteiger partial charge is 0.495 e. The molecule has 1 saturated heterocycles. The van der Waals surface area contributed by atoms with Gasteiger partial charge in [-0.1, -0.05) is 12.1 Å². The number of methoxy groups -OCH3 is 1. The molecule has 0 aromatic heterocycles. The molecule has 27 heavy (non-hydrogen) atoms. The fourth-order valence-corrected chi connectivity index (χ4v) is 3.12. The maximum atomic E-state index is 12.2. The quantitative estimate of drug-likeness (QED) is 0.773. The number of carbonyl (C=O) groups excluding carboxylic acids is 2. The SMILES string of the molecule is COc1ccccc1N1CCC(NC(=O)COc2ccc(C(N)=O)cc2)C1. The normalized spacial score (nSPS) is 16.0. The molecule has 0 spiro atoms. The number of nitrogens with zero attached hydrogens (tertiary/aromatic N) is 1. The minimum absolute atomic E-state index is 0.0586. The first-order valence-corrected chi connectivity index (χ1v) is 8.77. The Kier molecular flexibility index (Phi) is 5.80. The molecule has 1 fully saturated rings. The van der Waals surface area contributed by atoms with Gasteiger partial charge in [-0.25, -0.2) is 0 Å². The Bertz CT molecular complexity index is 807. The van der Waals surface area contributed by atoms with Crippen LogP contribution < -0.4 is 25.4 Å². The summed E-state index contributed by atoms with van der Waals surface area (Å²) in [5.41, 5.74) is 6.62. The molecule has 0 aliphatic carbocycles. The van der Waals surface area contributed by atoms with Crippen LogP contribution in [0.3, 0.4) is 0 Å². The van der Waals surface area contributed by atoms with E-state index in [1.807, 2.05) is 24.3 Å². The van der Waals surface area contributed by atoms with Crippen molar-refractivity contribution in [3.8, 4) is 11.5 Å². The first kappa shape index (κ1) is 18.6. The van der Waals surface area contributed by atoms with Gasteiger partial charge in [0.15, 0.2) is 6.61 Å². The van der Waals surface area contributed by atoms with Crippen LogP contribution in [-0.4, -0.2) is 44.7 Å². The van der Waals surface area contributed by atoms with Crippen LogP contribution in [0.2, 0.25) is 0 Å². The van der Waals surface area contributed by atoms with E-state index in [4.69, 9.17) is 15.2 Å². The number of anilines is 1. The van der Waals surface area contributed by atoms with E-state index in [1.165, 1.54) is 0 Å². The van der Waals surface area contributed by atoms with E-state index < -0.39 is 5.91 Å². The molecule has 2 aromatic rings. The number of nitrogens with one attached hydrogen (secondary N) is 1. The number of rotatable bonds is 7. The minimum atomic E-state index is -0.500. The van der Waals surface area contributed by atoms with Crippen LogP contribution >= 0.6 is 0 Å². The summed E-state index contributed by atoms with van der Waals surface area (Å²) in [5.74, 6) is 0.658. The summed E-state index contributed by atoms with van der Waals surface area (Å²) in [4.78, 5) is 25.4. The smallest absolute Gasteiger partial charge is 0.258 e. The Morgan fingerprint density at radius 1 is 1.19 bits per heavy atom. The fraction of sp³-hybridized carbons (Fsp3) is 0.300. The number of amides is 2. The molecule has 2 aromatic carbocycles. The van der Waals surface area contributed by atoms with Gasteiger partial charge in [0.05, 0.1) is 12.8 Å². The van der Waals surface area contributed by atoms with E-state index in [0.29, 0.717) is 11.3 Å². The maximum Gasteiger partial charge on any atom is 0.258 e. The number of carbonyl (C=O) groups is 2. The lowest BCUT2D eigenvalue weighted by Gasteiger charge is -2.21. The Morgan fingerprint density at radius 3 is 2.63 bits per heavy atom. The highest BCUT2D eigenvalue weighted by molar-refractivity contribution is 5.92. The molecule has 7 nitrogen and oxygen atoms in total. The van der Waals surface area contributed by atoms with Crippen molar-refractivity contribution in [3.05, 3.63) is 54.1 Å².